The Balaban J connectivity index is 1.33. The lowest BCUT2D eigenvalue weighted by Crippen LogP contribution is -2.36. The van der Waals surface area contributed by atoms with Gasteiger partial charge >= 0.3 is 0 Å². The van der Waals surface area contributed by atoms with E-state index in [9.17, 15) is 9.59 Å². The number of anilines is 3. The van der Waals surface area contributed by atoms with Gasteiger partial charge in [-0.3, -0.25) is 9.59 Å². The van der Waals surface area contributed by atoms with Gasteiger partial charge in [0.2, 0.25) is 11.9 Å². The normalized spacial score (nSPS) is 13.3. The highest BCUT2D eigenvalue weighted by Crippen LogP contribution is 2.34. The van der Waals surface area contributed by atoms with Gasteiger partial charge in [-0.1, -0.05) is 18.7 Å². The smallest absolute Gasteiger partial charge is 0.261 e. The highest BCUT2D eigenvalue weighted by Gasteiger charge is 2.22. The Hall–Kier alpha value is -4.42. The van der Waals surface area contributed by atoms with Crippen LogP contribution < -0.4 is 21.3 Å². The first-order valence-electron chi connectivity index (χ1n) is 12.0. The number of nitrogens with one attached hydrogen (secondary N) is 2. The summed E-state index contributed by atoms with van der Waals surface area (Å²) in [6.07, 6.45) is 5.05. The maximum Gasteiger partial charge on any atom is 0.261 e. The number of nitrogens with two attached hydrogens (primary N) is 1. The van der Waals surface area contributed by atoms with E-state index in [0.717, 1.165) is 16.1 Å². The van der Waals surface area contributed by atoms with Gasteiger partial charge in [-0.25, -0.2) is 19.9 Å². The number of carbonyl (C=O) groups excluding carboxylic acids is 2. The van der Waals surface area contributed by atoms with E-state index in [2.05, 4.69) is 32.1 Å². The van der Waals surface area contributed by atoms with Crippen LogP contribution in [0.15, 0.2) is 55.4 Å². The van der Waals surface area contributed by atoms with Gasteiger partial charge in [0.1, 0.15) is 0 Å². The van der Waals surface area contributed by atoms with Crippen LogP contribution in [0.1, 0.15) is 15.2 Å². The van der Waals surface area contributed by atoms with Crippen molar-refractivity contribution in [2.45, 2.75) is 6.42 Å². The molecule has 4 aromatic rings. The number of hydrogen-bond acceptors (Lipinski definition) is 10. The lowest BCUT2D eigenvalue weighted by atomic mass is 10.1. The number of morpholine rings is 1. The molecule has 0 saturated carbocycles. The molecule has 1 fully saturated rings. The third-order valence-electron chi connectivity index (χ3n) is 5.92. The molecule has 0 aliphatic carbocycles. The first-order valence-corrected chi connectivity index (χ1v) is 12.8. The van der Waals surface area contributed by atoms with E-state index in [4.69, 9.17) is 20.4 Å². The van der Waals surface area contributed by atoms with Crippen molar-refractivity contribution in [3.8, 4) is 11.4 Å². The first-order chi connectivity index (χ1) is 18.5. The van der Waals surface area contributed by atoms with E-state index in [-0.39, 0.29) is 17.8 Å². The van der Waals surface area contributed by atoms with Crippen molar-refractivity contribution in [2.75, 3.05) is 48.8 Å². The number of carbonyl (C=O) groups is 2. The topological polar surface area (TPSA) is 148 Å². The molecule has 0 unspecified atom stereocenters. The van der Waals surface area contributed by atoms with Gasteiger partial charge in [-0.05, 0) is 36.3 Å². The Morgan fingerprint density at radius 2 is 1.87 bits per heavy atom. The van der Waals surface area contributed by atoms with Gasteiger partial charge in [-0.15, -0.1) is 11.3 Å². The summed E-state index contributed by atoms with van der Waals surface area (Å²) in [5.74, 6) is 0.972. The Bertz CT molecular complexity index is 1460. The van der Waals surface area contributed by atoms with Crippen LogP contribution in [0.2, 0.25) is 0 Å². The zero-order valence-electron chi connectivity index (χ0n) is 20.5. The molecule has 1 aliphatic heterocycles. The molecule has 3 aromatic heterocycles. The fourth-order valence-corrected chi connectivity index (χ4v) is 4.98. The summed E-state index contributed by atoms with van der Waals surface area (Å²) in [5.41, 5.74) is 8.69. The number of ether oxygens (including phenoxy) is 1. The molecular formula is C26H26N8O3S. The van der Waals surface area contributed by atoms with Crippen LogP contribution in [0.25, 0.3) is 21.6 Å². The van der Waals surface area contributed by atoms with Crippen LogP contribution in [0.5, 0.6) is 0 Å². The van der Waals surface area contributed by atoms with Crippen LogP contribution >= 0.6 is 11.3 Å². The number of nitrogens with zero attached hydrogens (tertiary/aromatic N) is 5. The summed E-state index contributed by atoms with van der Waals surface area (Å²) < 4.78 is 6.35. The van der Waals surface area contributed by atoms with Crippen LogP contribution in [0.4, 0.5) is 17.5 Å². The van der Waals surface area contributed by atoms with Crippen molar-refractivity contribution in [1.29, 1.82) is 0 Å². The minimum absolute atomic E-state index is 0.173. The SMILES string of the molecule is C=CC(=O)Nc1ccc(CCNC(=O)c2cc3nc(-c4cnc(N)nc4)nc(N4CCOCC4)c3s2)cc1. The molecule has 11 nitrogen and oxygen atoms in total. The first kappa shape index (κ1) is 25.2. The summed E-state index contributed by atoms with van der Waals surface area (Å²) in [7, 11) is 0. The molecule has 0 spiro atoms. The third kappa shape index (κ3) is 5.76. The molecular weight excluding hydrogens is 504 g/mol. The number of hydrogen-bond donors (Lipinski definition) is 3. The van der Waals surface area contributed by atoms with Gasteiger partial charge in [0, 0.05) is 37.7 Å². The number of aromatic nitrogens is 4. The summed E-state index contributed by atoms with van der Waals surface area (Å²) in [4.78, 5) is 44.8. The van der Waals surface area contributed by atoms with E-state index < -0.39 is 0 Å². The van der Waals surface area contributed by atoms with Gasteiger partial charge < -0.3 is 26.0 Å². The van der Waals surface area contributed by atoms with E-state index in [1.54, 1.807) is 18.5 Å². The Morgan fingerprint density at radius 1 is 1.13 bits per heavy atom. The Kier molecular flexibility index (Phi) is 7.52. The zero-order valence-corrected chi connectivity index (χ0v) is 21.3. The molecule has 1 saturated heterocycles. The molecule has 1 aliphatic rings. The van der Waals surface area contributed by atoms with Gasteiger partial charge in [0.05, 0.1) is 33.9 Å². The maximum atomic E-state index is 13.0. The molecule has 12 heteroatoms. The standard InChI is InChI=1S/C26H26N8O3S/c1-2-21(35)31-18-5-3-16(4-6-18)7-8-28-25(36)20-13-19-22(38-20)24(34-9-11-37-12-10-34)33-23(32-19)17-14-29-26(27)30-15-17/h2-6,13-15H,1,7-12H2,(H,28,36)(H,31,35)(H2,27,29,30). The summed E-state index contributed by atoms with van der Waals surface area (Å²) >= 11 is 1.37. The second-order valence-electron chi connectivity index (χ2n) is 8.52. The van der Waals surface area contributed by atoms with Crippen LogP contribution in [-0.4, -0.2) is 64.6 Å². The monoisotopic (exact) mass is 530 g/mol. The molecule has 5 rings (SSSR count). The summed E-state index contributed by atoms with van der Waals surface area (Å²) in [5, 5.41) is 5.70. The van der Waals surface area contributed by atoms with Crippen molar-refractivity contribution >= 4 is 50.8 Å². The molecule has 4 heterocycles. The number of fused-ring (bicyclic) bond motifs is 1. The molecule has 0 bridgehead atoms. The van der Waals surface area contributed by atoms with Crippen LogP contribution in [-0.2, 0) is 16.0 Å². The fraction of sp³-hybridized carbons (Fsp3) is 0.231. The third-order valence-corrected chi connectivity index (χ3v) is 7.04. The van der Waals surface area contributed by atoms with E-state index in [1.165, 1.54) is 17.4 Å². The second-order valence-corrected chi connectivity index (χ2v) is 9.57. The molecule has 2 amide bonds. The van der Waals surface area contributed by atoms with Crippen LogP contribution in [0, 0.1) is 0 Å². The molecule has 38 heavy (non-hydrogen) atoms. The fourth-order valence-electron chi connectivity index (χ4n) is 3.95. The lowest BCUT2D eigenvalue weighted by Gasteiger charge is -2.28. The van der Waals surface area contributed by atoms with E-state index in [0.29, 0.717) is 66.7 Å². The van der Waals surface area contributed by atoms with Crippen molar-refractivity contribution in [2.24, 2.45) is 0 Å². The molecule has 0 radical (unpaired) electrons. The molecule has 194 valence electrons. The molecule has 1 aromatic carbocycles. The quantitative estimate of drug-likeness (QED) is 0.292. The number of thiophene rings is 1. The minimum Gasteiger partial charge on any atom is -0.378 e. The second kappa shape index (κ2) is 11.3. The van der Waals surface area contributed by atoms with Crippen molar-refractivity contribution in [3.05, 3.63) is 65.8 Å². The average Bonchev–Trinajstić information content (AvgIpc) is 3.39. The number of rotatable bonds is 8. The lowest BCUT2D eigenvalue weighted by molar-refractivity contribution is -0.111. The van der Waals surface area contributed by atoms with Crippen LogP contribution in [0.3, 0.4) is 0 Å². The predicted octanol–water partition coefficient (Wildman–Crippen LogP) is 2.66. The number of amides is 2. The Morgan fingerprint density at radius 3 is 2.58 bits per heavy atom. The zero-order chi connectivity index (χ0) is 26.5. The van der Waals surface area contributed by atoms with E-state index >= 15 is 0 Å². The minimum atomic E-state index is -0.260. The van der Waals surface area contributed by atoms with Gasteiger partial charge in [-0.2, -0.15) is 0 Å². The molecule has 4 N–H and O–H groups in total. The van der Waals surface area contributed by atoms with Gasteiger partial charge in [0.25, 0.3) is 5.91 Å². The van der Waals surface area contributed by atoms with Crippen molar-refractivity contribution in [3.63, 3.8) is 0 Å². The number of benzene rings is 1. The van der Waals surface area contributed by atoms with Crippen molar-refractivity contribution < 1.29 is 14.3 Å². The predicted molar refractivity (Wildman–Crippen MR) is 147 cm³/mol. The largest absolute Gasteiger partial charge is 0.378 e. The van der Waals surface area contributed by atoms with Crippen molar-refractivity contribution in [1.82, 2.24) is 25.3 Å². The number of nitrogen functional groups attached to an aromatic ring is 1. The summed E-state index contributed by atoms with van der Waals surface area (Å²) in [6, 6.07) is 9.26. The summed E-state index contributed by atoms with van der Waals surface area (Å²) in [6.45, 7) is 6.50. The Labute approximate surface area is 222 Å². The highest BCUT2D eigenvalue weighted by atomic mass is 32.1. The van der Waals surface area contributed by atoms with E-state index in [1.807, 2.05) is 24.3 Å². The average molecular weight is 531 g/mol. The highest BCUT2D eigenvalue weighted by molar-refractivity contribution is 7.21. The maximum absolute atomic E-state index is 13.0. The van der Waals surface area contributed by atoms with Gasteiger partial charge in [0.15, 0.2) is 11.6 Å². The molecule has 0 atom stereocenters.